The first-order valence-electron chi connectivity index (χ1n) is 8.03. The predicted octanol–water partition coefficient (Wildman–Crippen LogP) is 4.29. The first-order valence-corrected chi connectivity index (χ1v) is 8.41. The van der Waals surface area contributed by atoms with Crippen LogP contribution in [0, 0.1) is 6.92 Å². The number of rotatable bonds is 6. The summed E-state index contributed by atoms with van der Waals surface area (Å²) in [5.74, 6) is 2.08. The molecular weight excluding hydrogens is 371 g/mol. The maximum Gasteiger partial charge on any atom is 0.219 e. The summed E-state index contributed by atoms with van der Waals surface area (Å²) < 4.78 is 5.87. The van der Waals surface area contributed by atoms with Crippen molar-refractivity contribution in [3.63, 3.8) is 0 Å². The van der Waals surface area contributed by atoms with E-state index < -0.39 is 0 Å². The lowest BCUT2D eigenvalue weighted by atomic mass is 10.1. The molecule has 0 saturated carbocycles. The zero-order valence-electron chi connectivity index (χ0n) is 14.4. The van der Waals surface area contributed by atoms with Crippen molar-refractivity contribution in [3.8, 4) is 11.6 Å². The van der Waals surface area contributed by atoms with Gasteiger partial charge in [0.2, 0.25) is 5.88 Å². The molecule has 2 aromatic heterocycles. The van der Waals surface area contributed by atoms with Crippen molar-refractivity contribution in [3.05, 3.63) is 76.5 Å². The number of ether oxygens (including phenoxy) is 1. The van der Waals surface area contributed by atoms with Crippen LogP contribution in [0.25, 0.3) is 0 Å². The molecule has 26 heavy (non-hydrogen) atoms. The fourth-order valence-corrected chi connectivity index (χ4v) is 2.54. The molecule has 5 nitrogen and oxygen atoms in total. The van der Waals surface area contributed by atoms with Crippen molar-refractivity contribution < 1.29 is 4.74 Å². The minimum Gasteiger partial charge on any atom is -0.439 e. The van der Waals surface area contributed by atoms with E-state index in [-0.39, 0.29) is 12.4 Å². The van der Waals surface area contributed by atoms with Gasteiger partial charge in [-0.3, -0.25) is 0 Å². The van der Waals surface area contributed by atoms with Crippen LogP contribution in [0.4, 0.5) is 0 Å². The average Bonchev–Trinajstić information content (AvgIpc) is 2.61. The molecule has 0 aliphatic carbocycles. The van der Waals surface area contributed by atoms with Gasteiger partial charge in [-0.05, 0) is 42.7 Å². The monoisotopic (exact) mass is 390 g/mol. The second-order valence-corrected chi connectivity index (χ2v) is 6.16. The SMILES string of the molecule is Cc1cc(CCc2ncc(Cl)cn2)cc(Oc2ccc(CN)cc2)n1.Cl. The van der Waals surface area contributed by atoms with E-state index in [1.165, 1.54) is 0 Å². The summed E-state index contributed by atoms with van der Waals surface area (Å²) in [7, 11) is 0. The Morgan fingerprint density at radius 1 is 1.00 bits per heavy atom. The lowest BCUT2D eigenvalue weighted by Crippen LogP contribution is -1.99. The van der Waals surface area contributed by atoms with Crippen LogP contribution in [-0.2, 0) is 19.4 Å². The van der Waals surface area contributed by atoms with Gasteiger partial charge in [0.15, 0.2) is 0 Å². The first-order chi connectivity index (χ1) is 12.1. The van der Waals surface area contributed by atoms with Crippen LogP contribution in [0.2, 0.25) is 5.02 Å². The second kappa shape index (κ2) is 9.48. The van der Waals surface area contributed by atoms with Crippen LogP contribution >= 0.6 is 24.0 Å². The molecule has 0 unspecified atom stereocenters. The largest absolute Gasteiger partial charge is 0.439 e. The molecule has 1 aromatic carbocycles. The zero-order valence-corrected chi connectivity index (χ0v) is 15.9. The fraction of sp³-hybridized carbons (Fsp3) is 0.211. The van der Waals surface area contributed by atoms with Gasteiger partial charge in [-0.1, -0.05) is 23.7 Å². The molecule has 3 aromatic rings. The van der Waals surface area contributed by atoms with Crippen LogP contribution < -0.4 is 10.5 Å². The van der Waals surface area contributed by atoms with Crippen LogP contribution in [0.1, 0.15) is 22.6 Å². The molecule has 0 fully saturated rings. The van der Waals surface area contributed by atoms with Crippen LogP contribution in [0.15, 0.2) is 48.8 Å². The molecule has 0 aliphatic rings. The first kappa shape index (κ1) is 20.1. The average molecular weight is 391 g/mol. The quantitative estimate of drug-likeness (QED) is 0.679. The highest BCUT2D eigenvalue weighted by atomic mass is 35.5. The van der Waals surface area contributed by atoms with Gasteiger partial charge in [0.25, 0.3) is 0 Å². The molecular formula is C19H20Cl2N4O. The molecule has 0 spiro atoms. The van der Waals surface area contributed by atoms with E-state index >= 15 is 0 Å². The molecule has 0 radical (unpaired) electrons. The topological polar surface area (TPSA) is 73.9 Å². The Balaban J connectivity index is 0.00000243. The van der Waals surface area contributed by atoms with Crippen molar-refractivity contribution in [1.29, 1.82) is 0 Å². The summed E-state index contributed by atoms with van der Waals surface area (Å²) in [6.07, 6.45) is 4.75. The summed E-state index contributed by atoms with van der Waals surface area (Å²) in [6.45, 7) is 2.46. The zero-order chi connectivity index (χ0) is 17.6. The van der Waals surface area contributed by atoms with Gasteiger partial charge >= 0.3 is 0 Å². The Hall–Kier alpha value is -2.21. The van der Waals surface area contributed by atoms with Gasteiger partial charge < -0.3 is 10.5 Å². The van der Waals surface area contributed by atoms with E-state index in [0.29, 0.717) is 17.4 Å². The highest BCUT2D eigenvalue weighted by Gasteiger charge is 2.05. The third-order valence-corrected chi connectivity index (χ3v) is 3.88. The number of pyridine rings is 1. The molecule has 2 heterocycles. The summed E-state index contributed by atoms with van der Waals surface area (Å²) in [6, 6.07) is 11.7. The molecule has 0 bridgehead atoms. The Bertz CT molecular complexity index is 839. The van der Waals surface area contributed by atoms with Crippen LogP contribution in [-0.4, -0.2) is 15.0 Å². The maximum absolute atomic E-state index is 5.87. The number of aryl methyl sites for hydroxylation is 3. The third-order valence-electron chi connectivity index (χ3n) is 3.68. The van der Waals surface area contributed by atoms with Crippen molar-refractivity contribution >= 4 is 24.0 Å². The van der Waals surface area contributed by atoms with Gasteiger partial charge in [0.05, 0.1) is 5.02 Å². The lowest BCUT2D eigenvalue weighted by Gasteiger charge is -2.09. The fourth-order valence-electron chi connectivity index (χ4n) is 2.44. The number of hydrogen-bond acceptors (Lipinski definition) is 5. The van der Waals surface area contributed by atoms with Gasteiger partial charge in [0.1, 0.15) is 11.6 Å². The van der Waals surface area contributed by atoms with Gasteiger partial charge in [-0.15, -0.1) is 12.4 Å². The Morgan fingerprint density at radius 3 is 2.35 bits per heavy atom. The van der Waals surface area contributed by atoms with Crippen molar-refractivity contribution in [2.24, 2.45) is 5.73 Å². The molecule has 7 heteroatoms. The number of nitrogens with two attached hydrogens (primary N) is 1. The van der Waals surface area contributed by atoms with Gasteiger partial charge in [0, 0.05) is 37.1 Å². The number of halogens is 2. The van der Waals surface area contributed by atoms with E-state index in [1.807, 2.05) is 43.3 Å². The normalized spacial score (nSPS) is 10.3. The van der Waals surface area contributed by atoms with Crippen LogP contribution in [0.5, 0.6) is 11.6 Å². The Morgan fingerprint density at radius 2 is 1.69 bits per heavy atom. The van der Waals surface area contributed by atoms with Gasteiger partial charge in [-0.2, -0.15) is 0 Å². The van der Waals surface area contributed by atoms with Crippen molar-refractivity contribution in [1.82, 2.24) is 15.0 Å². The number of benzene rings is 1. The molecule has 136 valence electrons. The third kappa shape index (κ3) is 5.66. The number of aromatic nitrogens is 3. The highest BCUT2D eigenvalue weighted by Crippen LogP contribution is 2.22. The Labute approximate surface area is 164 Å². The summed E-state index contributed by atoms with van der Waals surface area (Å²) >= 11 is 5.81. The second-order valence-electron chi connectivity index (χ2n) is 5.72. The van der Waals surface area contributed by atoms with Crippen LogP contribution in [0.3, 0.4) is 0 Å². The van der Waals surface area contributed by atoms with E-state index in [1.54, 1.807) is 12.4 Å². The molecule has 0 aliphatic heterocycles. The maximum atomic E-state index is 5.87. The number of nitrogens with zero attached hydrogens (tertiary/aromatic N) is 3. The van der Waals surface area contributed by atoms with E-state index in [9.17, 15) is 0 Å². The van der Waals surface area contributed by atoms with Crippen molar-refractivity contribution in [2.45, 2.75) is 26.3 Å². The molecule has 2 N–H and O–H groups in total. The summed E-state index contributed by atoms with van der Waals surface area (Å²) in [5, 5.41) is 0.542. The lowest BCUT2D eigenvalue weighted by molar-refractivity contribution is 0.460. The molecule has 0 atom stereocenters. The molecule has 0 amide bonds. The minimum atomic E-state index is 0. The standard InChI is InChI=1S/C19H19ClN4O.ClH/c1-13-8-15(4-7-18-22-11-16(20)12-23-18)9-19(24-13)25-17-5-2-14(10-21)3-6-17;/h2-3,5-6,8-9,11-12H,4,7,10,21H2,1H3;1H. The number of hydrogen-bond donors (Lipinski definition) is 1. The highest BCUT2D eigenvalue weighted by molar-refractivity contribution is 6.30. The molecule has 0 saturated heterocycles. The van der Waals surface area contributed by atoms with Gasteiger partial charge in [-0.25, -0.2) is 15.0 Å². The predicted molar refractivity (Wildman–Crippen MR) is 105 cm³/mol. The summed E-state index contributed by atoms with van der Waals surface area (Å²) in [4.78, 5) is 12.9. The van der Waals surface area contributed by atoms with Crippen molar-refractivity contribution in [2.75, 3.05) is 0 Å². The Kier molecular flexibility index (Phi) is 7.33. The molecule has 3 rings (SSSR count). The van der Waals surface area contributed by atoms with E-state index in [2.05, 4.69) is 15.0 Å². The van der Waals surface area contributed by atoms with E-state index in [4.69, 9.17) is 22.1 Å². The smallest absolute Gasteiger partial charge is 0.219 e. The minimum absolute atomic E-state index is 0. The van der Waals surface area contributed by atoms with E-state index in [0.717, 1.165) is 41.2 Å². The summed E-state index contributed by atoms with van der Waals surface area (Å²) in [5.41, 5.74) is 8.70.